The van der Waals surface area contributed by atoms with Crippen LogP contribution in [0.3, 0.4) is 0 Å². The summed E-state index contributed by atoms with van der Waals surface area (Å²) in [4.78, 5) is 2.44. The third-order valence-corrected chi connectivity index (χ3v) is 3.52. The predicted molar refractivity (Wildman–Crippen MR) is 80.6 cm³/mol. The van der Waals surface area contributed by atoms with Gasteiger partial charge in [0.1, 0.15) is 5.76 Å². The highest BCUT2D eigenvalue weighted by Crippen LogP contribution is 2.20. The molecule has 0 atom stereocenters. The lowest BCUT2D eigenvalue weighted by Gasteiger charge is -2.38. The van der Waals surface area contributed by atoms with E-state index in [1.54, 1.807) is 6.26 Å². The van der Waals surface area contributed by atoms with Gasteiger partial charge in [-0.25, -0.2) is 0 Å². The van der Waals surface area contributed by atoms with Crippen molar-refractivity contribution in [2.75, 3.05) is 19.7 Å². The van der Waals surface area contributed by atoms with Gasteiger partial charge in [-0.3, -0.25) is 4.90 Å². The number of hydrogen-bond acceptors (Lipinski definition) is 4. The molecule has 0 unspecified atom stereocenters. The van der Waals surface area contributed by atoms with Gasteiger partial charge < -0.3 is 14.5 Å². The van der Waals surface area contributed by atoms with E-state index >= 15 is 0 Å². The summed E-state index contributed by atoms with van der Waals surface area (Å²) in [5.41, 5.74) is 1.33. The number of hydrogen-bond donors (Lipinski definition) is 1. The van der Waals surface area contributed by atoms with Crippen molar-refractivity contribution in [1.29, 1.82) is 0 Å². The Morgan fingerprint density at radius 2 is 2.10 bits per heavy atom. The first kappa shape index (κ1) is 15.5. The van der Waals surface area contributed by atoms with Crippen LogP contribution in [0, 0.1) is 0 Å². The highest BCUT2D eigenvalue weighted by Gasteiger charge is 2.27. The van der Waals surface area contributed by atoms with Crippen molar-refractivity contribution in [2.24, 2.45) is 0 Å². The molecule has 1 fully saturated rings. The van der Waals surface area contributed by atoms with Gasteiger partial charge in [0.15, 0.2) is 0 Å². The minimum absolute atomic E-state index is 0.0498. The van der Waals surface area contributed by atoms with Crippen molar-refractivity contribution >= 4 is 0 Å². The molecule has 0 aliphatic carbocycles. The van der Waals surface area contributed by atoms with Gasteiger partial charge in [-0.2, -0.15) is 0 Å². The van der Waals surface area contributed by atoms with E-state index < -0.39 is 0 Å². The second-order valence-electron chi connectivity index (χ2n) is 7.29. The van der Waals surface area contributed by atoms with E-state index in [0.29, 0.717) is 0 Å². The number of ether oxygens (including phenoxy) is 1. The minimum atomic E-state index is -0.0498. The molecule has 0 spiro atoms. The van der Waals surface area contributed by atoms with Crippen LogP contribution in [0.1, 0.15) is 45.9 Å². The minimum Gasteiger partial charge on any atom is -0.468 e. The first-order valence-corrected chi connectivity index (χ1v) is 7.42. The van der Waals surface area contributed by atoms with Crippen LogP contribution in [0.25, 0.3) is 0 Å². The van der Waals surface area contributed by atoms with Crippen molar-refractivity contribution < 1.29 is 9.15 Å². The van der Waals surface area contributed by atoms with E-state index in [1.165, 1.54) is 5.56 Å². The molecule has 0 saturated carbocycles. The molecule has 0 radical (unpaired) electrons. The van der Waals surface area contributed by atoms with Gasteiger partial charge in [-0.1, -0.05) is 0 Å². The molecule has 1 aliphatic heterocycles. The Morgan fingerprint density at radius 3 is 2.75 bits per heavy atom. The molecule has 4 heteroatoms. The maximum Gasteiger partial charge on any atom is 0.122 e. The van der Waals surface area contributed by atoms with E-state index in [2.05, 4.69) is 50.9 Å². The maximum absolute atomic E-state index is 5.76. The molecule has 4 nitrogen and oxygen atoms in total. The molecule has 1 saturated heterocycles. The average Bonchev–Trinajstić information content (AvgIpc) is 2.71. The van der Waals surface area contributed by atoms with Crippen molar-refractivity contribution in [2.45, 2.75) is 58.8 Å². The lowest BCUT2D eigenvalue weighted by Crippen LogP contribution is -2.47. The zero-order valence-electron chi connectivity index (χ0n) is 13.5. The molecule has 20 heavy (non-hydrogen) atoms. The first-order chi connectivity index (χ1) is 9.25. The summed E-state index contributed by atoms with van der Waals surface area (Å²) in [6.07, 6.45) is 1.79. The zero-order chi connectivity index (χ0) is 14.8. The third-order valence-electron chi connectivity index (χ3n) is 3.52. The van der Waals surface area contributed by atoms with Crippen LogP contribution in [-0.2, 0) is 17.8 Å². The third kappa shape index (κ3) is 4.62. The Balaban J connectivity index is 1.95. The quantitative estimate of drug-likeness (QED) is 0.920. The van der Waals surface area contributed by atoms with Crippen LogP contribution in [0.2, 0.25) is 0 Å². The fraction of sp³-hybridized carbons (Fsp3) is 0.750. The number of morpholine rings is 1. The van der Waals surface area contributed by atoms with Crippen molar-refractivity contribution in [1.82, 2.24) is 10.2 Å². The molecule has 114 valence electrons. The van der Waals surface area contributed by atoms with Gasteiger partial charge in [-0.15, -0.1) is 0 Å². The summed E-state index contributed by atoms with van der Waals surface area (Å²) in [5.74, 6) is 1.05. The molecular weight excluding hydrogens is 252 g/mol. The molecule has 2 rings (SSSR count). The van der Waals surface area contributed by atoms with E-state index in [0.717, 1.165) is 38.5 Å². The second kappa shape index (κ2) is 5.88. The van der Waals surface area contributed by atoms with Gasteiger partial charge in [0, 0.05) is 30.7 Å². The summed E-state index contributed by atoms with van der Waals surface area (Å²) in [7, 11) is 0. The van der Waals surface area contributed by atoms with Gasteiger partial charge in [0.25, 0.3) is 0 Å². The van der Waals surface area contributed by atoms with E-state index in [1.807, 2.05) is 0 Å². The highest BCUT2D eigenvalue weighted by atomic mass is 16.5. The van der Waals surface area contributed by atoms with Crippen LogP contribution in [0.4, 0.5) is 0 Å². The normalized spacial score (nSPS) is 20.2. The molecule has 1 aromatic heterocycles. The Hall–Kier alpha value is -0.840. The van der Waals surface area contributed by atoms with Crippen molar-refractivity contribution in [3.63, 3.8) is 0 Å². The second-order valence-corrected chi connectivity index (χ2v) is 7.29. The van der Waals surface area contributed by atoms with Gasteiger partial charge >= 0.3 is 0 Å². The molecule has 1 aliphatic rings. The largest absolute Gasteiger partial charge is 0.468 e. The summed E-state index contributed by atoms with van der Waals surface area (Å²) in [6.45, 7) is 15.3. The zero-order valence-corrected chi connectivity index (χ0v) is 13.5. The van der Waals surface area contributed by atoms with Crippen LogP contribution >= 0.6 is 0 Å². The number of rotatable bonds is 4. The number of nitrogens with one attached hydrogen (secondary N) is 1. The molecule has 0 aromatic carbocycles. The van der Waals surface area contributed by atoms with Crippen LogP contribution < -0.4 is 5.32 Å². The fourth-order valence-electron chi connectivity index (χ4n) is 2.50. The van der Waals surface area contributed by atoms with Crippen LogP contribution in [0.5, 0.6) is 0 Å². The standard InChI is InChI=1S/C16H28N2O2/c1-15(2,3)17-10-14-13(6-8-19-14)11-18-7-9-20-16(4,5)12-18/h6,8,17H,7,9-12H2,1-5H3. The topological polar surface area (TPSA) is 37.6 Å². The predicted octanol–water partition coefficient (Wildman–Crippen LogP) is 2.78. The molecule has 0 bridgehead atoms. The van der Waals surface area contributed by atoms with Gasteiger partial charge in [0.05, 0.1) is 25.0 Å². The number of furan rings is 1. The first-order valence-electron chi connectivity index (χ1n) is 7.42. The molecule has 2 heterocycles. The molecule has 0 amide bonds. The Labute approximate surface area is 122 Å². The summed E-state index contributed by atoms with van der Waals surface area (Å²) >= 11 is 0. The van der Waals surface area contributed by atoms with Gasteiger partial charge in [0.2, 0.25) is 0 Å². The van der Waals surface area contributed by atoms with Gasteiger partial charge in [-0.05, 0) is 40.7 Å². The van der Waals surface area contributed by atoms with Crippen molar-refractivity contribution in [3.8, 4) is 0 Å². The van der Waals surface area contributed by atoms with E-state index in [9.17, 15) is 0 Å². The number of nitrogens with zero attached hydrogens (tertiary/aromatic N) is 1. The lowest BCUT2D eigenvalue weighted by atomic mass is 10.1. The highest BCUT2D eigenvalue weighted by molar-refractivity contribution is 5.17. The fourth-order valence-corrected chi connectivity index (χ4v) is 2.50. The molecular formula is C16H28N2O2. The average molecular weight is 280 g/mol. The Bertz CT molecular complexity index is 432. The summed E-state index contributed by atoms with van der Waals surface area (Å²) in [6, 6.07) is 2.09. The maximum atomic E-state index is 5.76. The summed E-state index contributed by atoms with van der Waals surface area (Å²) < 4.78 is 11.4. The van der Waals surface area contributed by atoms with E-state index in [-0.39, 0.29) is 11.1 Å². The van der Waals surface area contributed by atoms with E-state index in [4.69, 9.17) is 9.15 Å². The van der Waals surface area contributed by atoms with Crippen LogP contribution in [0.15, 0.2) is 16.7 Å². The smallest absolute Gasteiger partial charge is 0.122 e. The summed E-state index contributed by atoms with van der Waals surface area (Å²) in [5, 5.41) is 3.48. The van der Waals surface area contributed by atoms with Crippen LogP contribution in [-0.4, -0.2) is 35.7 Å². The monoisotopic (exact) mass is 280 g/mol. The SMILES string of the molecule is CC(C)(C)NCc1occc1CN1CCOC(C)(C)C1. The molecule has 1 aromatic rings. The lowest BCUT2D eigenvalue weighted by molar-refractivity contribution is -0.0883. The Morgan fingerprint density at radius 1 is 1.35 bits per heavy atom. The Kier molecular flexibility index (Phi) is 4.57. The van der Waals surface area contributed by atoms with Crippen molar-refractivity contribution in [3.05, 3.63) is 23.7 Å². The molecule has 1 N–H and O–H groups in total.